The molecule has 0 amide bonds. The number of hydrogen-bond donors (Lipinski definition) is 1. The third-order valence-corrected chi connectivity index (χ3v) is 5.60. The van der Waals surface area contributed by atoms with Gasteiger partial charge in [-0.25, -0.2) is 4.98 Å². The van der Waals surface area contributed by atoms with Crippen LogP contribution in [0.2, 0.25) is 0 Å². The minimum atomic E-state index is -0.404. The topological polar surface area (TPSA) is 36.4 Å². The zero-order valence-corrected chi connectivity index (χ0v) is 11.5. The zero-order valence-electron chi connectivity index (χ0n) is 9.88. The lowest BCUT2D eigenvalue weighted by Gasteiger charge is -2.37. The average molecular weight is 258 g/mol. The monoisotopic (exact) mass is 258 g/mol. The number of thioether (sulfide) groups is 1. The molecule has 1 saturated heterocycles. The van der Waals surface area contributed by atoms with Crippen molar-refractivity contribution in [3.05, 3.63) is 11.1 Å². The molecule has 0 radical (unpaired) electrons. The van der Waals surface area contributed by atoms with Gasteiger partial charge < -0.3 is 10.0 Å². The maximum Gasteiger partial charge on any atom is 0.185 e. The van der Waals surface area contributed by atoms with Gasteiger partial charge in [0.05, 0.1) is 11.0 Å². The van der Waals surface area contributed by atoms with Crippen molar-refractivity contribution in [2.45, 2.75) is 38.2 Å². The molecule has 2 rings (SSSR count). The Balaban J connectivity index is 2.16. The summed E-state index contributed by atoms with van der Waals surface area (Å²) in [5.41, 5.74) is 0. The minimum absolute atomic E-state index is 0.404. The summed E-state index contributed by atoms with van der Waals surface area (Å²) in [5.74, 6) is 1.16. The molecule has 3 unspecified atom stereocenters. The van der Waals surface area contributed by atoms with E-state index in [9.17, 15) is 5.11 Å². The van der Waals surface area contributed by atoms with Crippen molar-refractivity contribution in [2.24, 2.45) is 0 Å². The number of nitrogens with zero attached hydrogens (tertiary/aromatic N) is 2. The van der Waals surface area contributed by atoms with Crippen LogP contribution in [-0.2, 0) is 0 Å². The van der Waals surface area contributed by atoms with Crippen molar-refractivity contribution in [1.82, 2.24) is 4.98 Å². The summed E-state index contributed by atoms with van der Waals surface area (Å²) < 4.78 is 0. The van der Waals surface area contributed by atoms with E-state index in [0.717, 1.165) is 22.3 Å². The first-order chi connectivity index (χ1) is 7.59. The third kappa shape index (κ3) is 2.36. The number of aliphatic hydroxyl groups is 1. The predicted molar refractivity (Wildman–Crippen MR) is 71.5 cm³/mol. The lowest BCUT2D eigenvalue weighted by Crippen LogP contribution is -2.44. The van der Waals surface area contributed by atoms with Crippen LogP contribution in [0.4, 0.5) is 5.13 Å². The lowest BCUT2D eigenvalue weighted by atomic mass is 10.2. The van der Waals surface area contributed by atoms with Crippen LogP contribution in [0.25, 0.3) is 0 Å². The molecule has 16 heavy (non-hydrogen) atoms. The molecular weight excluding hydrogens is 240 g/mol. The average Bonchev–Trinajstić information content (AvgIpc) is 2.71. The highest BCUT2D eigenvalue weighted by atomic mass is 32.2. The Bertz CT molecular complexity index is 354. The van der Waals surface area contributed by atoms with Gasteiger partial charge in [-0.3, -0.25) is 0 Å². The number of aromatic nitrogens is 1. The second kappa shape index (κ2) is 4.94. The first-order valence-electron chi connectivity index (χ1n) is 5.61. The molecule has 1 N–H and O–H groups in total. The molecule has 0 aromatic carbocycles. The molecule has 3 atom stereocenters. The van der Waals surface area contributed by atoms with Crippen LogP contribution in [0, 0.1) is 0 Å². The van der Waals surface area contributed by atoms with Crippen LogP contribution in [0.15, 0.2) is 6.20 Å². The normalized spacial score (nSPS) is 28.1. The number of aliphatic hydroxyl groups excluding tert-OH is 1. The Hall–Kier alpha value is -0.260. The molecule has 0 saturated carbocycles. The van der Waals surface area contributed by atoms with Crippen LogP contribution >= 0.6 is 23.1 Å². The van der Waals surface area contributed by atoms with Crippen LogP contribution in [0.5, 0.6) is 0 Å². The molecule has 0 spiro atoms. The predicted octanol–water partition coefficient (Wildman–Crippen LogP) is 2.53. The molecule has 0 aliphatic carbocycles. The van der Waals surface area contributed by atoms with E-state index >= 15 is 0 Å². The van der Waals surface area contributed by atoms with Gasteiger partial charge in [0.25, 0.3) is 0 Å². The van der Waals surface area contributed by atoms with Crippen molar-refractivity contribution in [3.63, 3.8) is 0 Å². The van der Waals surface area contributed by atoms with Crippen LogP contribution < -0.4 is 4.90 Å². The van der Waals surface area contributed by atoms with E-state index < -0.39 is 6.10 Å². The van der Waals surface area contributed by atoms with Gasteiger partial charge in [-0.1, -0.05) is 18.3 Å². The SMILES string of the molecule is CC(O)c1cnc(N2CCSC(C)C2C)s1. The molecule has 3 nitrogen and oxygen atoms in total. The highest BCUT2D eigenvalue weighted by molar-refractivity contribution is 8.00. The Morgan fingerprint density at radius 1 is 1.56 bits per heavy atom. The summed E-state index contributed by atoms with van der Waals surface area (Å²) in [6.07, 6.45) is 1.39. The standard InChI is InChI=1S/C11H18N2OS2/c1-7-9(3)15-5-4-13(7)11-12-6-10(16-11)8(2)14/h6-9,14H,4-5H2,1-3H3. The maximum absolute atomic E-state index is 9.50. The van der Waals surface area contributed by atoms with Crippen molar-refractivity contribution in [1.29, 1.82) is 0 Å². The van der Waals surface area contributed by atoms with E-state index in [1.54, 1.807) is 24.5 Å². The molecule has 2 heterocycles. The van der Waals surface area contributed by atoms with Gasteiger partial charge in [-0.15, -0.1) is 0 Å². The lowest BCUT2D eigenvalue weighted by molar-refractivity contribution is 0.203. The van der Waals surface area contributed by atoms with Gasteiger partial charge in [-0.05, 0) is 13.8 Å². The summed E-state index contributed by atoms with van der Waals surface area (Å²) in [5, 5.41) is 11.2. The maximum atomic E-state index is 9.50. The summed E-state index contributed by atoms with van der Waals surface area (Å²) in [4.78, 5) is 7.73. The number of rotatable bonds is 2. The number of thiazole rings is 1. The van der Waals surface area contributed by atoms with E-state index in [4.69, 9.17) is 0 Å². The molecule has 90 valence electrons. The van der Waals surface area contributed by atoms with Gasteiger partial charge >= 0.3 is 0 Å². The number of hydrogen-bond acceptors (Lipinski definition) is 5. The number of anilines is 1. The molecule has 1 fully saturated rings. The Morgan fingerprint density at radius 3 is 2.94 bits per heavy atom. The summed E-state index contributed by atoms with van der Waals surface area (Å²) in [6.45, 7) is 7.36. The minimum Gasteiger partial charge on any atom is -0.388 e. The first-order valence-corrected chi connectivity index (χ1v) is 7.48. The van der Waals surface area contributed by atoms with Crippen LogP contribution in [0.1, 0.15) is 31.8 Å². The smallest absolute Gasteiger partial charge is 0.185 e. The van der Waals surface area contributed by atoms with Gasteiger partial charge in [0.1, 0.15) is 0 Å². The summed E-state index contributed by atoms with van der Waals surface area (Å²) in [6, 6.07) is 0.520. The van der Waals surface area contributed by atoms with E-state index in [1.165, 1.54) is 0 Å². The second-order valence-corrected chi connectivity index (χ2v) is 6.76. The van der Waals surface area contributed by atoms with Crippen LogP contribution in [0.3, 0.4) is 0 Å². The second-order valence-electron chi connectivity index (χ2n) is 4.23. The quantitative estimate of drug-likeness (QED) is 0.884. The van der Waals surface area contributed by atoms with Crippen molar-refractivity contribution in [3.8, 4) is 0 Å². The van der Waals surface area contributed by atoms with Crippen molar-refractivity contribution in [2.75, 3.05) is 17.2 Å². The summed E-state index contributed by atoms with van der Waals surface area (Å²) >= 11 is 3.63. The largest absolute Gasteiger partial charge is 0.388 e. The van der Waals surface area contributed by atoms with Crippen molar-refractivity contribution >= 4 is 28.2 Å². The van der Waals surface area contributed by atoms with Gasteiger partial charge in [0, 0.05) is 29.8 Å². The van der Waals surface area contributed by atoms with E-state index in [0.29, 0.717) is 11.3 Å². The third-order valence-electron chi connectivity index (χ3n) is 3.05. The molecule has 1 aromatic rings. The fraction of sp³-hybridized carbons (Fsp3) is 0.727. The molecule has 0 bridgehead atoms. The molecule has 1 aliphatic heterocycles. The van der Waals surface area contributed by atoms with E-state index in [-0.39, 0.29) is 0 Å². The molecule has 1 aliphatic rings. The highest BCUT2D eigenvalue weighted by Crippen LogP contribution is 2.33. The molecule has 5 heteroatoms. The fourth-order valence-corrected chi connectivity index (χ4v) is 3.87. The molecular formula is C11H18N2OS2. The Kier molecular flexibility index (Phi) is 3.77. The van der Waals surface area contributed by atoms with Gasteiger partial charge in [0.15, 0.2) is 5.13 Å². The van der Waals surface area contributed by atoms with E-state index in [2.05, 4.69) is 23.7 Å². The molecule has 1 aromatic heterocycles. The van der Waals surface area contributed by atoms with Gasteiger partial charge in [-0.2, -0.15) is 11.8 Å². The van der Waals surface area contributed by atoms with Crippen LogP contribution in [-0.4, -0.2) is 33.7 Å². The highest BCUT2D eigenvalue weighted by Gasteiger charge is 2.27. The summed E-state index contributed by atoms with van der Waals surface area (Å²) in [7, 11) is 0. The van der Waals surface area contributed by atoms with Crippen molar-refractivity contribution < 1.29 is 5.11 Å². The Labute approximate surface area is 105 Å². The van der Waals surface area contributed by atoms with E-state index in [1.807, 2.05) is 11.8 Å². The fourth-order valence-electron chi connectivity index (χ4n) is 1.81. The zero-order chi connectivity index (χ0) is 11.7. The first kappa shape index (κ1) is 12.2. The Morgan fingerprint density at radius 2 is 2.31 bits per heavy atom. The van der Waals surface area contributed by atoms with Gasteiger partial charge in [0.2, 0.25) is 0 Å².